The number of aromatic nitrogens is 1. The van der Waals surface area contributed by atoms with E-state index in [0.29, 0.717) is 11.6 Å². The van der Waals surface area contributed by atoms with E-state index in [2.05, 4.69) is 10.3 Å². The van der Waals surface area contributed by atoms with Gasteiger partial charge in [-0.3, -0.25) is 9.78 Å². The van der Waals surface area contributed by atoms with E-state index in [1.165, 1.54) is 0 Å². The lowest BCUT2D eigenvalue weighted by Crippen LogP contribution is -2.20. The third kappa shape index (κ3) is 1.55. The van der Waals surface area contributed by atoms with E-state index in [1.54, 1.807) is 19.4 Å². The SMILES string of the molecule is CNC(=O)[C@H]1C[C@@H]1c1cncc(N)c1. The summed E-state index contributed by atoms with van der Waals surface area (Å²) in [6.45, 7) is 0. The largest absolute Gasteiger partial charge is 0.397 e. The summed E-state index contributed by atoms with van der Waals surface area (Å²) in [5.41, 5.74) is 7.34. The van der Waals surface area contributed by atoms with Crippen molar-refractivity contribution < 1.29 is 4.79 Å². The Balaban J connectivity index is 2.09. The zero-order valence-corrected chi connectivity index (χ0v) is 8.03. The molecule has 1 aromatic rings. The average Bonchev–Trinajstić information content (AvgIpc) is 2.96. The number of nitrogens with zero attached hydrogens (tertiary/aromatic N) is 1. The first-order valence-corrected chi connectivity index (χ1v) is 4.64. The number of pyridine rings is 1. The molecule has 2 atom stereocenters. The van der Waals surface area contributed by atoms with Crippen molar-refractivity contribution in [1.82, 2.24) is 10.3 Å². The van der Waals surface area contributed by atoms with Crippen molar-refractivity contribution in [3.63, 3.8) is 0 Å². The Morgan fingerprint density at radius 1 is 1.64 bits per heavy atom. The summed E-state index contributed by atoms with van der Waals surface area (Å²) < 4.78 is 0. The van der Waals surface area contributed by atoms with Crippen molar-refractivity contribution >= 4 is 11.6 Å². The van der Waals surface area contributed by atoms with Crippen LogP contribution in [-0.2, 0) is 4.79 Å². The minimum Gasteiger partial charge on any atom is -0.397 e. The van der Waals surface area contributed by atoms with Gasteiger partial charge in [0.25, 0.3) is 0 Å². The average molecular weight is 191 g/mol. The maximum absolute atomic E-state index is 11.3. The van der Waals surface area contributed by atoms with E-state index >= 15 is 0 Å². The lowest BCUT2D eigenvalue weighted by molar-refractivity contribution is -0.121. The molecule has 1 saturated carbocycles. The summed E-state index contributed by atoms with van der Waals surface area (Å²) >= 11 is 0. The number of hydrogen-bond acceptors (Lipinski definition) is 3. The molecule has 0 bridgehead atoms. The smallest absolute Gasteiger partial charge is 0.223 e. The van der Waals surface area contributed by atoms with Crippen LogP contribution in [0.3, 0.4) is 0 Å². The zero-order chi connectivity index (χ0) is 10.1. The van der Waals surface area contributed by atoms with Crippen LogP contribution in [0.4, 0.5) is 5.69 Å². The summed E-state index contributed by atoms with van der Waals surface area (Å²) in [4.78, 5) is 15.3. The number of nitrogens with one attached hydrogen (secondary N) is 1. The van der Waals surface area contributed by atoms with E-state index in [-0.39, 0.29) is 11.8 Å². The molecule has 1 aliphatic carbocycles. The number of rotatable bonds is 2. The van der Waals surface area contributed by atoms with Crippen molar-refractivity contribution in [2.75, 3.05) is 12.8 Å². The number of anilines is 1. The van der Waals surface area contributed by atoms with E-state index in [0.717, 1.165) is 12.0 Å². The van der Waals surface area contributed by atoms with Gasteiger partial charge in [0.2, 0.25) is 5.91 Å². The standard InChI is InChI=1S/C10H13N3O/c1-12-10(14)9-3-8(9)6-2-7(11)5-13-4-6/h2,4-5,8-9H,3,11H2,1H3,(H,12,14)/t8-,9+/m1/s1. The molecule has 74 valence electrons. The van der Waals surface area contributed by atoms with Gasteiger partial charge in [-0.2, -0.15) is 0 Å². The third-order valence-electron chi connectivity index (χ3n) is 2.58. The van der Waals surface area contributed by atoms with Gasteiger partial charge >= 0.3 is 0 Å². The van der Waals surface area contributed by atoms with Crippen molar-refractivity contribution in [2.24, 2.45) is 5.92 Å². The van der Waals surface area contributed by atoms with Crippen LogP contribution in [0.5, 0.6) is 0 Å². The van der Waals surface area contributed by atoms with Crippen LogP contribution in [0.25, 0.3) is 0 Å². The summed E-state index contributed by atoms with van der Waals surface area (Å²) in [7, 11) is 1.66. The van der Waals surface area contributed by atoms with Gasteiger partial charge in [0.1, 0.15) is 0 Å². The first kappa shape index (κ1) is 8.99. The first-order chi connectivity index (χ1) is 6.72. The zero-order valence-electron chi connectivity index (χ0n) is 8.03. The molecule has 4 heteroatoms. The summed E-state index contributed by atoms with van der Waals surface area (Å²) in [6, 6.07) is 1.89. The van der Waals surface area contributed by atoms with Crippen molar-refractivity contribution in [2.45, 2.75) is 12.3 Å². The molecule has 1 heterocycles. The van der Waals surface area contributed by atoms with Gasteiger partial charge in [-0.15, -0.1) is 0 Å². The molecule has 3 N–H and O–H groups in total. The van der Waals surface area contributed by atoms with Crippen LogP contribution in [0.15, 0.2) is 18.5 Å². The molecule has 1 aromatic heterocycles. The predicted molar refractivity (Wildman–Crippen MR) is 53.6 cm³/mol. The van der Waals surface area contributed by atoms with E-state index in [9.17, 15) is 4.79 Å². The number of carbonyl (C=O) groups is 1. The summed E-state index contributed by atoms with van der Waals surface area (Å²) in [5.74, 6) is 0.534. The highest BCUT2D eigenvalue weighted by atomic mass is 16.1. The minimum atomic E-state index is 0.109. The molecule has 4 nitrogen and oxygen atoms in total. The number of carbonyl (C=O) groups excluding carboxylic acids is 1. The highest BCUT2D eigenvalue weighted by Crippen LogP contribution is 2.47. The molecule has 0 spiro atoms. The molecule has 14 heavy (non-hydrogen) atoms. The number of nitrogens with two attached hydrogens (primary N) is 1. The molecule has 1 amide bonds. The quantitative estimate of drug-likeness (QED) is 0.715. The molecule has 2 rings (SSSR count). The Labute approximate surface area is 82.5 Å². The fraction of sp³-hybridized carbons (Fsp3) is 0.400. The maximum Gasteiger partial charge on any atom is 0.223 e. The lowest BCUT2D eigenvalue weighted by Gasteiger charge is -2.00. The second kappa shape index (κ2) is 3.29. The van der Waals surface area contributed by atoms with E-state index < -0.39 is 0 Å². The monoisotopic (exact) mass is 191 g/mol. The molecule has 0 saturated heterocycles. The molecule has 0 aliphatic heterocycles. The van der Waals surface area contributed by atoms with Crippen LogP contribution in [0.1, 0.15) is 17.9 Å². The Hall–Kier alpha value is -1.58. The Bertz CT molecular complexity index is 364. The number of nitrogen functional groups attached to an aromatic ring is 1. The second-order valence-corrected chi connectivity index (χ2v) is 3.61. The molecule has 0 radical (unpaired) electrons. The summed E-state index contributed by atoms with van der Waals surface area (Å²) in [6.07, 6.45) is 4.30. The minimum absolute atomic E-state index is 0.109. The van der Waals surface area contributed by atoms with Gasteiger partial charge in [-0.1, -0.05) is 0 Å². The van der Waals surface area contributed by atoms with Crippen LogP contribution >= 0.6 is 0 Å². The number of hydrogen-bond donors (Lipinski definition) is 2. The van der Waals surface area contributed by atoms with E-state index in [4.69, 9.17) is 5.73 Å². The van der Waals surface area contributed by atoms with Crippen LogP contribution in [0.2, 0.25) is 0 Å². The highest BCUT2D eigenvalue weighted by molar-refractivity contribution is 5.82. The number of amides is 1. The Kier molecular flexibility index (Phi) is 2.11. The molecular weight excluding hydrogens is 178 g/mol. The van der Waals surface area contributed by atoms with Gasteiger partial charge in [-0.25, -0.2) is 0 Å². The third-order valence-corrected chi connectivity index (χ3v) is 2.58. The van der Waals surface area contributed by atoms with Crippen LogP contribution in [0, 0.1) is 5.92 Å². The van der Waals surface area contributed by atoms with Crippen LogP contribution < -0.4 is 11.1 Å². The Morgan fingerprint density at radius 2 is 2.43 bits per heavy atom. The first-order valence-electron chi connectivity index (χ1n) is 4.64. The van der Waals surface area contributed by atoms with Gasteiger partial charge in [0.05, 0.1) is 5.69 Å². The second-order valence-electron chi connectivity index (χ2n) is 3.61. The highest BCUT2D eigenvalue weighted by Gasteiger charge is 2.43. The van der Waals surface area contributed by atoms with Crippen molar-refractivity contribution in [3.8, 4) is 0 Å². The van der Waals surface area contributed by atoms with Gasteiger partial charge in [0.15, 0.2) is 0 Å². The molecular formula is C10H13N3O. The fourth-order valence-electron chi connectivity index (χ4n) is 1.72. The maximum atomic E-state index is 11.3. The van der Waals surface area contributed by atoms with Gasteiger partial charge in [0, 0.05) is 25.4 Å². The fourth-order valence-corrected chi connectivity index (χ4v) is 1.72. The topological polar surface area (TPSA) is 68.0 Å². The molecule has 0 unspecified atom stereocenters. The molecule has 0 aromatic carbocycles. The van der Waals surface area contributed by atoms with Crippen molar-refractivity contribution in [3.05, 3.63) is 24.0 Å². The lowest BCUT2D eigenvalue weighted by atomic mass is 10.1. The summed E-state index contributed by atoms with van der Waals surface area (Å²) in [5, 5.41) is 2.65. The molecule has 1 fully saturated rings. The Morgan fingerprint density at radius 3 is 3.07 bits per heavy atom. The van der Waals surface area contributed by atoms with Crippen LogP contribution in [-0.4, -0.2) is 17.9 Å². The molecule has 1 aliphatic rings. The van der Waals surface area contributed by atoms with Gasteiger partial charge in [-0.05, 0) is 24.0 Å². The van der Waals surface area contributed by atoms with E-state index in [1.807, 2.05) is 6.07 Å². The van der Waals surface area contributed by atoms with Gasteiger partial charge < -0.3 is 11.1 Å². The normalized spacial score (nSPS) is 24.4. The predicted octanol–water partition coefficient (Wildman–Crippen LogP) is 0.513. The van der Waals surface area contributed by atoms with Crippen molar-refractivity contribution in [1.29, 1.82) is 0 Å².